The average molecular weight is 286 g/mol. The number of H-pyrrole nitrogens is 1. The van der Waals surface area contributed by atoms with Crippen LogP contribution in [0.25, 0.3) is 0 Å². The lowest BCUT2D eigenvalue weighted by molar-refractivity contribution is 0.102. The van der Waals surface area contributed by atoms with Gasteiger partial charge in [-0.05, 0) is 23.5 Å². The van der Waals surface area contributed by atoms with Crippen LogP contribution in [0, 0.1) is 0 Å². The molecule has 5 nitrogen and oxygen atoms in total. The van der Waals surface area contributed by atoms with Crippen LogP contribution in [-0.4, -0.2) is 16.1 Å². The Morgan fingerprint density at radius 1 is 1.33 bits per heavy atom. The molecule has 0 saturated heterocycles. The molecule has 2 rings (SSSR count). The van der Waals surface area contributed by atoms with E-state index in [0.29, 0.717) is 12.1 Å². The number of aromatic amines is 1. The van der Waals surface area contributed by atoms with E-state index >= 15 is 0 Å². The molecule has 1 aromatic heterocycles. The normalized spacial score (nSPS) is 11.4. The number of aromatic nitrogens is 2. The summed E-state index contributed by atoms with van der Waals surface area (Å²) in [5.41, 5.74) is 9.18. The second kappa shape index (κ2) is 5.60. The van der Waals surface area contributed by atoms with Crippen molar-refractivity contribution in [2.45, 2.75) is 39.5 Å². The largest absolute Gasteiger partial charge is 0.395 e. The van der Waals surface area contributed by atoms with Gasteiger partial charge in [-0.2, -0.15) is 5.10 Å². The summed E-state index contributed by atoms with van der Waals surface area (Å²) >= 11 is 0. The van der Waals surface area contributed by atoms with Gasteiger partial charge in [0.2, 0.25) is 0 Å². The van der Waals surface area contributed by atoms with E-state index < -0.39 is 0 Å². The Labute approximate surface area is 124 Å². The van der Waals surface area contributed by atoms with Gasteiger partial charge < -0.3 is 11.1 Å². The monoisotopic (exact) mass is 286 g/mol. The fourth-order valence-electron chi connectivity index (χ4n) is 2.26. The molecule has 0 fully saturated rings. The van der Waals surface area contributed by atoms with E-state index in [1.807, 2.05) is 31.2 Å². The van der Waals surface area contributed by atoms with Gasteiger partial charge in [0, 0.05) is 5.69 Å². The summed E-state index contributed by atoms with van der Waals surface area (Å²) < 4.78 is 0. The van der Waals surface area contributed by atoms with Crippen molar-refractivity contribution in [1.82, 2.24) is 10.2 Å². The molecule has 0 unspecified atom stereocenters. The summed E-state index contributed by atoms with van der Waals surface area (Å²) in [7, 11) is 0. The fraction of sp³-hybridized carbons (Fsp3) is 0.375. The number of hydrogen-bond acceptors (Lipinski definition) is 3. The van der Waals surface area contributed by atoms with Gasteiger partial charge in [0.15, 0.2) is 5.69 Å². The number of rotatable bonds is 3. The highest BCUT2D eigenvalue weighted by molar-refractivity contribution is 6.06. The smallest absolute Gasteiger partial charge is 0.278 e. The topological polar surface area (TPSA) is 83.8 Å². The first-order valence-electron chi connectivity index (χ1n) is 7.08. The Morgan fingerprint density at radius 3 is 2.57 bits per heavy atom. The van der Waals surface area contributed by atoms with Crippen LogP contribution in [-0.2, 0) is 11.8 Å². The van der Waals surface area contributed by atoms with Crippen molar-refractivity contribution in [3.63, 3.8) is 0 Å². The van der Waals surface area contributed by atoms with Crippen LogP contribution in [0.15, 0.2) is 24.3 Å². The number of amides is 1. The summed E-state index contributed by atoms with van der Waals surface area (Å²) in [5.74, 6) is -0.292. The molecule has 4 N–H and O–H groups in total. The molecule has 0 aliphatic heterocycles. The van der Waals surface area contributed by atoms with Crippen LogP contribution in [0.4, 0.5) is 11.4 Å². The molecule has 0 atom stereocenters. The Balaban J connectivity index is 2.30. The van der Waals surface area contributed by atoms with Crippen LogP contribution < -0.4 is 11.1 Å². The Morgan fingerprint density at radius 2 is 2.00 bits per heavy atom. The highest BCUT2D eigenvalue weighted by Gasteiger charge is 2.21. The van der Waals surface area contributed by atoms with Gasteiger partial charge in [-0.25, -0.2) is 0 Å². The van der Waals surface area contributed by atoms with Crippen LogP contribution in [0.5, 0.6) is 0 Å². The Bertz CT molecular complexity index is 653. The van der Waals surface area contributed by atoms with Crippen LogP contribution in [0.2, 0.25) is 0 Å². The standard InChI is InChI=1S/C16H22N4O/c1-5-11-13(17)14(20-19-11)15(21)18-12-9-7-6-8-10(12)16(2,3)4/h6-9H,5,17H2,1-4H3,(H,18,21)(H,19,20). The van der Waals surface area contributed by atoms with Crippen molar-refractivity contribution in [1.29, 1.82) is 0 Å². The van der Waals surface area contributed by atoms with Crippen molar-refractivity contribution >= 4 is 17.3 Å². The van der Waals surface area contributed by atoms with Gasteiger partial charge in [0.05, 0.1) is 11.4 Å². The second-order valence-electron chi connectivity index (χ2n) is 6.07. The lowest BCUT2D eigenvalue weighted by atomic mass is 9.86. The molecule has 5 heteroatoms. The maximum absolute atomic E-state index is 12.4. The first-order chi connectivity index (χ1) is 9.84. The molecule has 2 aromatic rings. The molecular weight excluding hydrogens is 264 g/mol. The van der Waals surface area contributed by atoms with Crippen molar-refractivity contribution in [3.05, 3.63) is 41.2 Å². The van der Waals surface area contributed by atoms with Gasteiger partial charge in [0.25, 0.3) is 5.91 Å². The lowest BCUT2D eigenvalue weighted by Gasteiger charge is -2.22. The maximum atomic E-state index is 12.4. The second-order valence-corrected chi connectivity index (χ2v) is 6.07. The third-order valence-electron chi connectivity index (χ3n) is 3.43. The minimum absolute atomic E-state index is 0.0599. The van der Waals surface area contributed by atoms with Crippen molar-refractivity contribution in [2.75, 3.05) is 11.1 Å². The molecule has 0 aliphatic carbocycles. The van der Waals surface area contributed by atoms with E-state index in [2.05, 4.69) is 36.3 Å². The average Bonchev–Trinajstić information content (AvgIpc) is 2.79. The van der Waals surface area contributed by atoms with Crippen molar-refractivity contribution < 1.29 is 4.79 Å². The summed E-state index contributed by atoms with van der Waals surface area (Å²) in [6.07, 6.45) is 0.713. The van der Waals surface area contributed by atoms with Gasteiger partial charge in [-0.1, -0.05) is 45.9 Å². The van der Waals surface area contributed by atoms with E-state index in [9.17, 15) is 4.79 Å². The van der Waals surface area contributed by atoms with E-state index in [1.54, 1.807) is 0 Å². The summed E-state index contributed by atoms with van der Waals surface area (Å²) in [6.45, 7) is 8.28. The molecule has 1 heterocycles. The first-order valence-corrected chi connectivity index (χ1v) is 7.08. The first kappa shape index (κ1) is 15.1. The molecule has 0 radical (unpaired) electrons. The molecular formula is C16H22N4O. The number of benzene rings is 1. The quantitative estimate of drug-likeness (QED) is 0.810. The Kier molecular flexibility index (Phi) is 4.02. The van der Waals surface area contributed by atoms with E-state index in [-0.39, 0.29) is 17.0 Å². The number of hydrogen-bond donors (Lipinski definition) is 3. The molecule has 1 aromatic carbocycles. The summed E-state index contributed by atoms with van der Waals surface area (Å²) in [4.78, 5) is 12.4. The van der Waals surface area contributed by atoms with Gasteiger partial charge in [0.1, 0.15) is 0 Å². The van der Waals surface area contributed by atoms with Crippen molar-refractivity contribution in [3.8, 4) is 0 Å². The van der Waals surface area contributed by atoms with Crippen LogP contribution >= 0.6 is 0 Å². The van der Waals surface area contributed by atoms with Gasteiger partial charge in [-0.3, -0.25) is 9.89 Å². The molecule has 0 aliphatic rings. The predicted molar refractivity (Wildman–Crippen MR) is 85.5 cm³/mol. The molecule has 0 spiro atoms. The zero-order valence-corrected chi connectivity index (χ0v) is 12.9. The lowest BCUT2D eigenvalue weighted by Crippen LogP contribution is -2.19. The molecule has 0 bridgehead atoms. The minimum atomic E-state index is -0.292. The number of carbonyl (C=O) groups is 1. The number of para-hydroxylation sites is 1. The molecule has 21 heavy (non-hydrogen) atoms. The van der Waals surface area contributed by atoms with Crippen LogP contribution in [0.1, 0.15) is 49.4 Å². The highest BCUT2D eigenvalue weighted by atomic mass is 16.2. The van der Waals surface area contributed by atoms with E-state index in [1.165, 1.54) is 0 Å². The third kappa shape index (κ3) is 3.07. The number of nitrogen functional groups attached to an aromatic ring is 1. The maximum Gasteiger partial charge on any atom is 0.278 e. The minimum Gasteiger partial charge on any atom is -0.395 e. The summed E-state index contributed by atoms with van der Waals surface area (Å²) in [6, 6.07) is 7.77. The van der Waals surface area contributed by atoms with E-state index in [4.69, 9.17) is 5.73 Å². The highest BCUT2D eigenvalue weighted by Crippen LogP contribution is 2.29. The summed E-state index contributed by atoms with van der Waals surface area (Å²) in [5, 5.41) is 9.72. The third-order valence-corrected chi connectivity index (χ3v) is 3.43. The predicted octanol–water partition coefficient (Wildman–Crippen LogP) is 3.10. The number of nitrogens with zero attached hydrogens (tertiary/aromatic N) is 1. The fourth-order valence-corrected chi connectivity index (χ4v) is 2.26. The molecule has 1 amide bonds. The van der Waals surface area contributed by atoms with Crippen molar-refractivity contribution in [2.24, 2.45) is 0 Å². The van der Waals surface area contributed by atoms with Crippen LogP contribution in [0.3, 0.4) is 0 Å². The Hall–Kier alpha value is -2.30. The molecule has 112 valence electrons. The van der Waals surface area contributed by atoms with Gasteiger partial charge >= 0.3 is 0 Å². The number of anilines is 2. The number of aryl methyl sites for hydroxylation is 1. The van der Waals surface area contributed by atoms with E-state index in [0.717, 1.165) is 16.9 Å². The number of carbonyl (C=O) groups excluding carboxylic acids is 1. The zero-order chi connectivity index (χ0) is 15.6. The van der Waals surface area contributed by atoms with Gasteiger partial charge in [-0.15, -0.1) is 0 Å². The molecule has 0 saturated carbocycles. The number of nitrogens with one attached hydrogen (secondary N) is 2. The number of nitrogens with two attached hydrogens (primary N) is 1. The zero-order valence-electron chi connectivity index (χ0n) is 12.9. The SMILES string of the molecule is CCc1[nH]nc(C(=O)Nc2ccccc2C(C)(C)C)c1N.